The van der Waals surface area contributed by atoms with Gasteiger partial charge in [0.15, 0.2) is 0 Å². The first kappa shape index (κ1) is 22.9. The minimum absolute atomic E-state index is 0.0436. The Bertz CT molecular complexity index is 1180. The van der Waals surface area contributed by atoms with Crippen LogP contribution in [-0.2, 0) is 0 Å². The molecule has 0 heterocycles. The van der Waals surface area contributed by atoms with Gasteiger partial charge in [0.05, 0.1) is 9.79 Å². The molecule has 0 bridgehead atoms. The molecule has 4 rings (SSSR count). The molecule has 4 aromatic carbocycles. The maximum Gasteiger partial charge on any atom is 0.130 e. The van der Waals surface area contributed by atoms with Crippen molar-refractivity contribution in [3.05, 3.63) is 81.7 Å². The number of halogens is 2. The van der Waals surface area contributed by atoms with Crippen LogP contribution in [0.4, 0.5) is 0 Å². The quantitative estimate of drug-likeness (QED) is 0.176. The highest BCUT2D eigenvalue weighted by Gasteiger charge is 2.17. The lowest BCUT2D eigenvalue weighted by Crippen LogP contribution is -1.86. The third-order valence-corrected chi connectivity index (χ3v) is 7.69. The molecule has 0 saturated carbocycles. The first-order chi connectivity index (χ1) is 15.3. The van der Waals surface area contributed by atoms with Crippen molar-refractivity contribution >= 4 is 55.4 Å². The smallest absolute Gasteiger partial charge is 0.130 e. The van der Waals surface area contributed by atoms with Crippen LogP contribution in [0, 0.1) is 0 Å². The first-order valence-corrected chi connectivity index (χ1v) is 12.5. The van der Waals surface area contributed by atoms with E-state index in [1.165, 1.54) is 47.8 Å². The Balaban J connectivity index is 1.64. The van der Waals surface area contributed by atoms with Crippen molar-refractivity contribution < 1.29 is 20.4 Å². The molecular formula is C24H16Br2O4S2. The Morgan fingerprint density at radius 3 is 1.16 bits per heavy atom. The van der Waals surface area contributed by atoms with E-state index >= 15 is 0 Å². The van der Waals surface area contributed by atoms with Gasteiger partial charge in [-0.25, -0.2) is 0 Å². The largest absolute Gasteiger partial charge is 0.507 e. The summed E-state index contributed by atoms with van der Waals surface area (Å²) in [6.45, 7) is 0. The molecule has 4 N–H and O–H groups in total. The molecule has 4 aromatic rings. The van der Waals surface area contributed by atoms with Gasteiger partial charge in [0.1, 0.15) is 23.0 Å². The molecule has 0 unspecified atom stereocenters. The van der Waals surface area contributed by atoms with Gasteiger partial charge in [-0.05, 0) is 72.8 Å². The summed E-state index contributed by atoms with van der Waals surface area (Å²) in [4.78, 5) is 2.73. The van der Waals surface area contributed by atoms with E-state index in [0.717, 1.165) is 18.7 Å². The highest BCUT2D eigenvalue weighted by atomic mass is 79.9. The van der Waals surface area contributed by atoms with Crippen molar-refractivity contribution in [3.8, 4) is 34.1 Å². The summed E-state index contributed by atoms with van der Waals surface area (Å²) in [5, 5.41) is 42.3. The Labute approximate surface area is 210 Å². The second-order valence-corrected chi connectivity index (χ2v) is 10.8. The van der Waals surface area contributed by atoms with Crippen LogP contribution >= 0.6 is 55.4 Å². The average Bonchev–Trinajstić information content (AvgIpc) is 2.76. The van der Waals surface area contributed by atoms with Gasteiger partial charge >= 0.3 is 0 Å². The topological polar surface area (TPSA) is 80.9 Å². The molecule has 0 spiro atoms. The zero-order chi connectivity index (χ0) is 22.8. The number of benzene rings is 4. The van der Waals surface area contributed by atoms with Crippen LogP contribution in [-0.4, -0.2) is 20.4 Å². The molecule has 4 nitrogen and oxygen atoms in total. The van der Waals surface area contributed by atoms with Crippen molar-refractivity contribution in [1.29, 1.82) is 0 Å². The van der Waals surface area contributed by atoms with Crippen LogP contribution < -0.4 is 0 Å². The zero-order valence-electron chi connectivity index (χ0n) is 16.3. The molecule has 0 radical (unpaired) electrons. The number of phenols is 4. The Hall–Kier alpha value is -2.26. The molecule has 32 heavy (non-hydrogen) atoms. The summed E-state index contributed by atoms with van der Waals surface area (Å²) in [5.41, 5.74) is 0.436. The Morgan fingerprint density at radius 1 is 0.469 bits per heavy atom. The third-order valence-electron chi connectivity index (χ3n) is 4.53. The normalized spacial score (nSPS) is 10.9. The lowest BCUT2D eigenvalue weighted by molar-refractivity contribution is 0.444. The molecule has 0 aliphatic carbocycles. The van der Waals surface area contributed by atoms with Crippen LogP contribution in [0.1, 0.15) is 0 Å². The first-order valence-electron chi connectivity index (χ1n) is 9.29. The van der Waals surface area contributed by atoms with E-state index in [9.17, 15) is 20.4 Å². The third kappa shape index (κ3) is 5.20. The SMILES string of the molecule is Oc1cc(-c2cc(O)c(Sc3ccc(Br)cc3)cc2O)c(O)cc1Sc1ccc(Br)cc1. The van der Waals surface area contributed by atoms with E-state index in [-0.39, 0.29) is 34.1 Å². The summed E-state index contributed by atoms with van der Waals surface area (Å²) in [6.07, 6.45) is 0. The predicted octanol–water partition coefficient (Wildman–Crippen LogP) is 8.00. The van der Waals surface area contributed by atoms with Gasteiger partial charge in [-0.15, -0.1) is 0 Å². The maximum atomic E-state index is 10.6. The molecule has 0 amide bonds. The molecule has 0 aliphatic heterocycles. The van der Waals surface area contributed by atoms with Gasteiger partial charge < -0.3 is 20.4 Å². The van der Waals surface area contributed by atoms with Gasteiger partial charge in [0.25, 0.3) is 0 Å². The van der Waals surface area contributed by atoms with Crippen molar-refractivity contribution in [2.24, 2.45) is 0 Å². The molecule has 162 valence electrons. The summed E-state index contributed by atoms with van der Waals surface area (Å²) in [5.74, 6) is -0.327. The fraction of sp³-hybridized carbons (Fsp3) is 0. The standard InChI is InChI=1S/C24H16Br2O4S2/c25-13-1-5-15(6-2-13)31-23-11-19(27)17(9-21(23)29)18-10-22(30)24(12-20(18)28)32-16-7-3-14(26)4-8-16/h1-12,27-30H. The Morgan fingerprint density at radius 2 is 0.812 bits per heavy atom. The number of rotatable bonds is 5. The number of hydrogen-bond acceptors (Lipinski definition) is 6. The molecule has 0 atom stereocenters. The lowest BCUT2D eigenvalue weighted by atomic mass is 10.0. The minimum atomic E-state index is -0.120. The Kier molecular flexibility index (Phi) is 6.95. The van der Waals surface area contributed by atoms with Gasteiger partial charge in [0.2, 0.25) is 0 Å². The fourth-order valence-corrected chi connectivity index (χ4v) is 5.22. The molecule has 0 saturated heterocycles. The van der Waals surface area contributed by atoms with Crippen molar-refractivity contribution in [3.63, 3.8) is 0 Å². The van der Waals surface area contributed by atoms with Crippen LogP contribution in [0.15, 0.2) is 101 Å². The molecule has 0 fully saturated rings. The molecular weight excluding hydrogens is 576 g/mol. The maximum absolute atomic E-state index is 10.6. The van der Waals surface area contributed by atoms with E-state index in [4.69, 9.17) is 0 Å². The second kappa shape index (κ2) is 9.70. The second-order valence-electron chi connectivity index (χ2n) is 6.79. The molecule has 0 aromatic heterocycles. The highest BCUT2D eigenvalue weighted by Crippen LogP contribution is 2.47. The van der Waals surface area contributed by atoms with Gasteiger partial charge in [-0.1, -0.05) is 55.4 Å². The van der Waals surface area contributed by atoms with E-state index in [0.29, 0.717) is 9.79 Å². The fourth-order valence-electron chi connectivity index (χ4n) is 2.97. The van der Waals surface area contributed by atoms with Crippen molar-refractivity contribution in [2.45, 2.75) is 19.6 Å². The minimum Gasteiger partial charge on any atom is -0.507 e. The van der Waals surface area contributed by atoms with Crippen LogP contribution in [0.3, 0.4) is 0 Å². The van der Waals surface area contributed by atoms with Crippen molar-refractivity contribution in [1.82, 2.24) is 0 Å². The molecule has 0 aliphatic rings. The monoisotopic (exact) mass is 590 g/mol. The average molecular weight is 592 g/mol. The molecule has 8 heteroatoms. The van der Waals surface area contributed by atoms with Crippen molar-refractivity contribution in [2.75, 3.05) is 0 Å². The van der Waals surface area contributed by atoms with E-state index in [1.54, 1.807) is 0 Å². The van der Waals surface area contributed by atoms with Gasteiger partial charge in [-0.2, -0.15) is 0 Å². The van der Waals surface area contributed by atoms with E-state index < -0.39 is 0 Å². The predicted molar refractivity (Wildman–Crippen MR) is 135 cm³/mol. The van der Waals surface area contributed by atoms with Crippen LogP contribution in [0.2, 0.25) is 0 Å². The summed E-state index contributed by atoms with van der Waals surface area (Å²) < 4.78 is 1.89. The summed E-state index contributed by atoms with van der Waals surface area (Å²) in [6, 6.07) is 20.8. The zero-order valence-corrected chi connectivity index (χ0v) is 21.1. The van der Waals surface area contributed by atoms with Gasteiger partial charge in [-0.3, -0.25) is 0 Å². The highest BCUT2D eigenvalue weighted by molar-refractivity contribution is 9.10. The van der Waals surface area contributed by atoms with E-state index in [2.05, 4.69) is 31.9 Å². The van der Waals surface area contributed by atoms with E-state index in [1.807, 2.05) is 48.5 Å². The van der Waals surface area contributed by atoms with Gasteiger partial charge in [0, 0.05) is 29.9 Å². The summed E-state index contributed by atoms with van der Waals surface area (Å²) in [7, 11) is 0. The van der Waals surface area contributed by atoms with Crippen LogP contribution in [0.5, 0.6) is 23.0 Å². The lowest BCUT2D eigenvalue weighted by Gasteiger charge is -2.13. The summed E-state index contributed by atoms with van der Waals surface area (Å²) >= 11 is 9.38. The number of hydrogen-bond donors (Lipinski definition) is 4. The number of aromatic hydroxyl groups is 4. The number of phenolic OH excluding ortho intramolecular Hbond substituents is 4. The van der Waals surface area contributed by atoms with Crippen LogP contribution in [0.25, 0.3) is 11.1 Å².